The van der Waals surface area contributed by atoms with Crippen molar-refractivity contribution in [1.29, 1.82) is 0 Å². The largest absolute Gasteiger partial charge is 0.496 e. The van der Waals surface area contributed by atoms with E-state index in [9.17, 15) is 5.11 Å². The normalized spacial score (nSPS) is 17.1. The van der Waals surface area contributed by atoms with E-state index in [4.69, 9.17) is 18.4 Å². The summed E-state index contributed by atoms with van der Waals surface area (Å²) in [5.74, 6) is 2.78. The molecule has 1 N–H and O–H groups in total. The van der Waals surface area contributed by atoms with Crippen molar-refractivity contribution in [3.05, 3.63) is 47.5 Å². The molecule has 0 saturated heterocycles. The topological polar surface area (TPSA) is 94.0 Å². The van der Waals surface area contributed by atoms with Gasteiger partial charge in [0.1, 0.15) is 11.5 Å². The molecule has 0 radical (unpaired) electrons. The first-order valence-electron chi connectivity index (χ1n) is 8.20. The second kappa shape index (κ2) is 6.81. The van der Waals surface area contributed by atoms with E-state index in [1.807, 2.05) is 17.0 Å². The lowest BCUT2D eigenvalue weighted by Gasteiger charge is -2.33. The second-order valence-electron chi connectivity index (χ2n) is 6.04. The van der Waals surface area contributed by atoms with E-state index in [0.29, 0.717) is 48.6 Å². The highest BCUT2D eigenvalue weighted by molar-refractivity contribution is 5.51. The van der Waals surface area contributed by atoms with Crippen molar-refractivity contribution in [2.24, 2.45) is 0 Å². The highest BCUT2D eigenvalue weighted by Gasteiger charge is 2.30. The van der Waals surface area contributed by atoms with E-state index in [1.54, 1.807) is 32.6 Å². The molecule has 3 aromatic rings. The molecular weight excluding hydrogens is 338 g/mol. The number of aromatic nitrogens is 2. The number of aliphatic hydroxyl groups excluding tert-OH is 1. The highest BCUT2D eigenvalue weighted by Crippen LogP contribution is 2.39. The Hall–Kier alpha value is -2.84. The zero-order chi connectivity index (χ0) is 18.1. The van der Waals surface area contributed by atoms with Crippen LogP contribution in [0.5, 0.6) is 11.5 Å². The minimum atomic E-state index is -0.698. The fourth-order valence-corrected chi connectivity index (χ4v) is 3.28. The van der Waals surface area contributed by atoms with Gasteiger partial charge < -0.3 is 23.5 Å². The number of rotatable bonds is 5. The van der Waals surface area contributed by atoms with Gasteiger partial charge in [0.2, 0.25) is 11.7 Å². The smallest absolute Gasteiger partial charge is 0.241 e. The van der Waals surface area contributed by atoms with Crippen molar-refractivity contribution in [2.45, 2.75) is 19.2 Å². The van der Waals surface area contributed by atoms with Crippen molar-refractivity contribution < 1.29 is 23.5 Å². The van der Waals surface area contributed by atoms with Crippen LogP contribution in [0.4, 0.5) is 0 Å². The Balaban J connectivity index is 1.57. The van der Waals surface area contributed by atoms with E-state index < -0.39 is 6.10 Å². The van der Waals surface area contributed by atoms with Gasteiger partial charge in [-0.05, 0) is 24.3 Å². The van der Waals surface area contributed by atoms with Gasteiger partial charge in [-0.1, -0.05) is 5.16 Å². The SMILES string of the molecule is COc1ccc(OC)c2c1CN(Cc1nc(-c3ccco3)no1)CC2O. The number of ether oxygens (including phenoxy) is 2. The molecule has 1 aliphatic rings. The molecule has 1 unspecified atom stereocenters. The Bertz CT molecular complexity index is 890. The summed E-state index contributed by atoms with van der Waals surface area (Å²) in [4.78, 5) is 6.38. The fraction of sp³-hybridized carbons (Fsp3) is 0.333. The summed E-state index contributed by atoms with van der Waals surface area (Å²) in [6, 6.07) is 7.19. The number of hydrogen-bond acceptors (Lipinski definition) is 8. The van der Waals surface area contributed by atoms with Crippen LogP contribution in [-0.2, 0) is 13.1 Å². The van der Waals surface area contributed by atoms with E-state index in [2.05, 4.69) is 10.1 Å². The molecule has 8 heteroatoms. The number of β-amino-alcohol motifs (C(OH)–C–C–N with tert-alkyl or cyclic N) is 1. The van der Waals surface area contributed by atoms with Gasteiger partial charge in [0.05, 0.1) is 33.1 Å². The van der Waals surface area contributed by atoms with Gasteiger partial charge in [0, 0.05) is 24.2 Å². The molecule has 1 aliphatic heterocycles. The maximum Gasteiger partial charge on any atom is 0.241 e. The Morgan fingerprint density at radius 3 is 2.77 bits per heavy atom. The monoisotopic (exact) mass is 357 g/mol. The summed E-state index contributed by atoms with van der Waals surface area (Å²) in [6.07, 6.45) is 0.861. The molecule has 0 amide bonds. The lowest BCUT2D eigenvalue weighted by Crippen LogP contribution is -2.33. The van der Waals surface area contributed by atoms with Crippen LogP contribution in [0.1, 0.15) is 23.1 Å². The predicted molar refractivity (Wildman–Crippen MR) is 90.6 cm³/mol. The van der Waals surface area contributed by atoms with Gasteiger partial charge in [-0.25, -0.2) is 0 Å². The Labute approximate surface area is 149 Å². The van der Waals surface area contributed by atoms with Crippen LogP contribution in [0, 0.1) is 0 Å². The molecule has 4 rings (SSSR count). The zero-order valence-corrected chi connectivity index (χ0v) is 14.5. The van der Waals surface area contributed by atoms with E-state index >= 15 is 0 Å². The minimum Gasteiger partial charge on any atom is -0.496 e. The molecule has 1 aromatic carbocycles. The summed E-state index contributed by atoms with van der Waals surface area (Å²) in [7, 11) is 3.21. The Morgan fingerprint density at radius 1 is 1.23 bits per heavy atom. The number of hydrogen-bond donors (Lipinski definition) is 1. The molecule has 2 aromatic heterocycles. The fourth-order valence-electron chi connectivity index (χ4n) is 3.28. The van der Waals surface area contributed by atoms with Crippen molar-refractivity contribution in [1.82, 2.24) is 15.0 Å². The first-order valence-corrected chi connectivity index (χ1v) is 8.20. The van der Waals surface area contributed by atoms with Gasteiger partial charge in [-0.2, -0.15) is 4.98 Å². The van der Waals surface area contributed by atoms with Crippen LogP contribution in [0.3, 0.4) is 0 Å². The molecule has 3 heterocycles. The number of methoxy groups -OCH3 is 2. The van der Waals surface area contributed by atoms with Crippen LogP contribution >= 0.6 is 0 Å². The van der Waals surface area contributed by atoms with Crippen LogP contribution < -0.4 is 9.47 Å². The van der Waals surface area contributed by atoms with Gasteiger partial charge in [0.15, 0.2) is 5.76 Å². The standard InChI is InChI=1S/C18H19N3O5/c1-23-13-5-6-14(24-2)17-11(13)8-21(9-12(17)22)10-16-19-18(20-26-16)15-4-3-7-25-15/h3-7,12,22H,8-10H2,1-2H3. The molecule has 8 nitrogen and oxygen atoms in total. The first-order chi connectivity index (χ1) is 12.7. The average molecular weight is 357 g/mol. The maximum atomic E-state index is 10.6. The van der Waals surface area contributed by atoms with Crippen molar-refractivity contribution >= 4 is 0 Å². The molecule has 0 fully saturated rings. The predicted octanol–water partition coefficient (Wildman–Crippen LogP) is 2.40. The lowest BCUT2D eigenvalue weighted by molar-refractivity contribution is 0.0779. The number of furan rings is 1. The first kappa shape index (κ1) is 16.6. The third kappa shape index (κ3) is 2.93. The summed E-state index contributed by atoms with van der Waals surface area (Å²) in [5, 5.41) is 14.6. The minimum absolute atomic E-state index is 0.405. The molecule has 0 aliphatic carbocycles. The van der Waals surface area contributed by atoms with Crippen LogP contribution in [0.15, 0.2) is 39.5 Å². The third-order valence-corrected chi connectivity index (χ3v) is 4.43. The Morgan fingerprint density at radius 2 is 2.04 bits per heavy atom. The van der Waals surface area contributed by atoms with Gasteiger partial charge in [0.25, 0.3) is 0 Å². The van der Waals surface area contributed by atoms with Crippen molar-refractivity contribution in [3.63, 3.8) is 0 Å². The number of benzene rings is 1. The van der Waals surface area contributed by atoms with Crippen LogP contribution in [0.25, 0.3) is 11.6 Å². The maximum absolute atomic E-state index is 10.6. The summed E-state index contributed by atoms with van der Waals surface area (Å²) >= 11 is 0. The summed E-state index contributed by atoms with van der Waals surface area (Å²) < 4.78 is 21.4. The van der Waals surface area contributed by atoms with Crippen molar-refractivity contribution in [2.75, 3.05) is 20.8 Å². The molecule has 136 valence electrons. The van der Waals surface area contributed by atoms with Gasteiger partial charge in [-0.3, -0.25) is 4.90 Å². The van der Waals surface area contributed by atoms with E-state index in [1.165, 1.54) is 0 Å². The quantitative estimate of drug-likeness (QED) is 0.744. The third-order valence-electron chi connectivity index (χ3n) is 4.43. The van der Waals surface area contributed by atoms with Crippen molar-refractivity contribution in [3.8, 4) is 23.1 Å². The Kier molecular flexibility index (Phi) is 4.36. The molecule has 1 atom stereocenters. The van der Waals surface area contributed by atoms with Crippen LogP contribution in [-0.4, -0.2) is 40.9 Å². The summed E-state index contributed by atoms with van der Waals surface area (Å²) in [6.45, 7) is 1.41. The van der Waals surface area contributed by atoms with Crippen LogP contribution in [0.2, 0.25) is 0 Å². The van der Waals surface area contributed by atoms with Gasteiger partial charge in [-0.15, -0.1) is 0 Å². The molecule has 26 heavy (non-hydrogen) atoms. The lowest BCUT2D eigenvalue weighted by atomic mass is 9.95. The number of fused-ring (bicyclic) bond motifs is 1. The molecular formula is C18H19N3O5. The molecule has 0 saturated carbocycles. The van der Waals surface area contributed by atoms with E-state index in [-0.39, 0.29) is 0 Å². The zero-order valence-electron chi connectivity index (χ0n) is 14.5. The average Bonchev–Trinajstić information content (AvgIpc) is 3.32. The summed E-state index contributed by atoms with van der Waals surface area (Å²) in [5.41, 5.74) is 1.67. The number of nitrogens with zero attached hydrogens (tertiary/aromatic N) is 3. The van der Waals surface area contributed by atoms with E-state index in [0.717, 1.165) is 11.1 Å². The number of aliphatic hydroxyl groups is 1. The van der Waals surface area contributed by atoms with Gasteiger partial charge >= 0.3 is 0 Å². The highest BCUT2D eigenvalue weighted by atomic mass is 16.5. The second-order valence-corrected chi connectivity index (χ2v) is 6.04. The molecule has 0 bridgehead atoms. The molecule has 0 spiro atoms.